The highest BCUT2D eigenvalue weighted by Gasteiger charge is 2.35. The van der Waals surface area contributed by atoms with Gasteiger partial charge in [-0.05, 0) is 49.2 Å². The van der Waals surface area contributed by atoms with Crippen molar-refractivity contribution in [3.05, 3.63) is 53.6 Å². The number of sulfonamides is 1. The van der Waals surface area contributed by atoms with Crippen molar-refractivity contribution in [2.45, 2.75) is 26.0 Å². The van der Waals surface area contributed by atoms with Crippen LogP contribution in [0.1, 0.15) is 24.1 Å². The van der Waals surface area contributed by atoms with Gasteiger partial charge in [0.05, 0.1) is 31.6 Å². The van der Waals surface area contributed by atoms with Gasteiger partial charge in [0.25, 0.3) is 5.91 Å². The Morgan fingerprint density at radius 1 is 1.25 bits per heavy atom. The second kappa shape index (κ2) is 7.71. The third kappa shape index (κ3) is 4.22. The fraction of sp³-hybridized carbons (Fsp3) is 0.350. The quantitative estimate of drug-likeness (QED) is 0.827. The molecule has 1 aliphatic rings. The largest absolute Gasteiger partial charge is 0.497 e. The van der Waals surface area contributed by atoms with E-state index >= 15 is 0 Å². The molecule has 3 rings (SSSR count). The van der Waals surface area contributed by atoms with Crippen LogP contribution < -0.4 is 19.1 Å². The van der Waals surface area contributed by atoms with Crippen LogP contribution in [-0.2, 0) is 14.8 Å². The SMILES string of the molecule is COc1ccc([C@@H](C)NC(=O)[C@@H]2CN(S(C)(=O)=O)c3cc(C)ccc3O2)cc1. The van der Waals surface area contributed by atoms with Crippen LogP contribution in [0.5, 0.6) is 11.5 Å². The predicted molar refractivity (Wildman–Crippen MR) is 107 cm³/mol. The summed E-state index contributed by atoms with van der Waals surface area (Å²) >= 11 is 0. The minimum absolute atomic E-state index is 0.0730. The first-order chi connectivity index (χ1) is 13.2. The van der Waals surface area contributed by atoms with Gasteiger partial charge < -0.3 is 14.8 Å². The van der Waals surface area contributed by atoms with E-state index in [1.54, 1.807) is 19.2 Å². The van der Waals surface area contributed by atoms with Gasteiger partial charge in [-0.2, -0.15) is 0 Å². The van der Waals surface area contributed by atoms with Crippen LogP contribution in [0.3, 0.4) is 0 Å². The third-order valence-corrected chi connectivity index (χ3v) is 5.80. The molecule has 0 fully saturated rings. The Hall–Kier alpha value is -2.74. The van der Waals surface area contributed by atoms with Gasteiger partial charge in [-0.25, -0.2) is 8.42 Å². The fourth-order valence-electron chi connectivity index (χ4n) is 3.09. The number of amides is 1. The number of fused-ring (bicyclic) bond motifs is 1. The number of carbonyl (C=O) groups is 1. The van der Waals surface area contributed by atoms with E-state index in [2.05, 4.69) is 5.32 Å². The first kappa shape index (κ1) is 20.0. The van der Waals surface area contributed by atoms with Crippen molar-refractivity contribution in [1.29, 1.82) is 0 Å². The van der Waals surface area contributed by atoms with E-state index in [1.807, 2.05) is 44.2 Å². The number of anilines is 1. The lowest BCUT2D eigenvalue weighted by atomic mass is 10.1. The molecule has 1 aliphatic heterocycles. The maximum Gasteiger partial charge on any atom is 0.263 e. The van der Waals surface area contributed by atoms with Crippen molar-refractivity contribution in [1.82, 2.24) is 5.32 Å². The number of aryl methyl sites for hydroxylation is 1. The highest BCUT2D eigenvalue weighted by atomic mass is 32.2. The molecule has 150 valence electrons. The summed E-state index contributed by atoms with van der Waals surface area (Å²) in [4.78, 5) is 12.8. The van der Waals surface area contributed by atoms with Crippen molar-refractivity contribution < 1.29 is 22.7 Å². The van der Waals surface area contributed by atoms with Crippen LogP contribution in [0.4, 0.5) is 5.69 Å². The molecular weight excluding hydrogens is 380 g/mol. The molecule has 0 radical (unpaired) electrons. The average Bonchev–Trinajstić information content (AvgIpc) is 2.66. The molecule has 2 atom stereocenters. The minimum atomic E-state index is -3.55. The average molecular weight is 404 g/mol. The maximum atomic E-state index is 12.8. The summed E-state index contributed by atoms with van der Waals surface area (Å²) in [6.07, 6.45) is 0.185. The van der Waals surface area contributed by atoms with Crippen LogP contribution in [0.15, 0.2) is 42.5 Å². The number of hydrogen-bond acceptors (Lipinski definition) is 5. The topological polar surface area (TPSA) is 84.9 Å². The number of benzene rings is 2. The molecule has 0 bridgehead atoms. The van der Waals surface area contributed by atoms with Gasteiger partial charge in [0.2, 0.25) is 10.0 Å². The molecule has 7 nitrogen and oxygen atoms in total. The van der Waals surface area contributed by atoms with Gasteiger partial charge in [0.1, 0.15) is 11.5 Å². The van der Waals surface area contributed by atoms with Crippen LogP contribution in [0.2, 0.25) is 0 Å². The lowest BCUT2D eigenvalue weighted by Gasteiger charge is -2.34. The third-order valence-electron chi connectivity index (χ3n) is 4.65. The number of nitrogens with one attached hydrogen (secondary N) is 1. The van der Waals surface area contributed by atoms with Gasteiger partial charge in [-0.15, -0.1) is 0 Å². The van der Waals surface area contributed by atoms with E-state index < -0.39 is 16.1 Å². The van der Waals surface area contributed by atoms with Crippen molar-refractivity contribution >= 4 is 21.6 Å². The number of nitrogens with zero attached hydrogens (tertiary/aromatic N) is 1. The molecule has 28 heavy (non-hydrogen) atoms. The second-order valence-corrected chi connectivity index (χ2v) is 8.78. The molecule has 0 saturated carbocycles. The van der Waals surface area contributed by atoms with E-state index in [0.717, 1.165) is 23.1 Å². The van der Waals surface area contributed by atoms with Crippen LogP contribution in [0, 0.1) is 6.92 Å². The van der Waals surface area contributed by atoms with Gasteiger partial charge in [-0.1, -0.05) is 18.2 Å². The number of ether oxygens (including phenoxy) is 2. The Kier molecular flexibility index (Phi) is 5.51. The van der Waals surface area contributed by atoms with E-state index in [-0.39, 0.29) is 18.5 Å². The van der Waals surface area contributed by atoms with Crippen molar-refractivity contribution in [2.24, 2.45) is 0 Å². The molecule has 1 heterocycles. The molecule has 0 spiro atoms. The summed E-state index contributed by atoms with van der Waals surface area (Å²) in [7, 11) is -1.96. The number of methoxy groups -OCH3 is 1. The lowest BCUT2D eigenvalue weighted by Crippen LogP contribution is -2.50. The number of rotatable bonds is 5. The van der Waals surface area contributed by atoms with Crippen molar-refractivity contribution in [3.8, 4) is 11.5 Å². The summed E-state index contributed by atoms with van der Waals surface area (Å²) in [6.45, 7) is 3.65. The van der Waals surface area contributed by atoms with Crippen LogP contribution in [-0.4, -0.2) is 40.3 Å². The summed E-state index contributed by atoms with van der Waals surface area (Å²) in [5.74, 6) is 0.733. The molecule has 1 N–H and O–H groups in total. The predicted octanol–water partition coefficient (Wildman–Crippen LogP) is 2.41. The Morgan fingerprint density at radius 3 is 2.54 bits per heavy atom. The molecule has 0 aromatic heterocycles. The monoisotopic (exact) mass is 404 g/mol. The fourth-order valence-corrected chi connectivity index (χ4v) is 4.00. The molecule has 1 amide bonds. The molecule has 2 aromatic rings. The van der Waals surface area contributed by atoms with E-state index in [9.17, 15) is 13.2 Å². The number of hydrogen-bond donors (Lipinski definition) is 1. The Labute approximate surface area is 165 Å². The maximum absolute atomic E-state index is 12.8. The highest BCUT2D eigenvalue weighted by molar-refractivity contribution is 7.92. The molecule has 0 saturated heterocycles. The van der Waals surface area contributed by atoms with Crippen LogP contribution >= 0.6 is 0 Å². The molecule has 8 heteroatoms. The molecule has 0 unspecified atom stereocenters. The summed E-state index contributed by atoms with van der Waals surface area (Å²) in [5, 5.41) is 2.89. The van der Waals surface area contributed by atoms with Crippen molar-refractivity contribution in [3.63, 3.8) is 0 Å². The first-order valence-electron chi connectivity index (χ1n) is 8.88. The number of carbonyl (C=O) groups excluding carboxylic acids is 1. The van der Waals surface area contributed by atoms with Gasteiger partial charge in [0.15, 0.2) is 6.10 Å². The normalized spacial score (nSPS) is 17.3. The Bertz CT molecular complexity index is 973. The van der Waals surface area contributed by atoms with Gasteiger partial charge in [0, 0.05) is 0 Å². The molecular formula is C20H24N2O5S. The zero-order chi connectivity index (χ0) is 20.5. The van der Waals surface area contributed by atoms with Crippen molar-refractivity contribution in [2.75, 3.05) is 24.2 Å². The lowest BCUT2D eigenvalue weighted by molar-refractivity contribution is -0.128. The standard InChI is InChI=1S/C20H24N2O5S/c1-13-5-10-18-17(11-13)22(28(4,24)25)12-19(27-18)20(23)21-14(2)15-6-8-16(26-3)9-7-15/h5-11,14,19H,12H2,1-4H3,(H,21,23)/t14-,19+/m1/s1. The van der Waals surface area contributed by atoms with Gasteiger partial charge in [-0.3, -0.25) is 9.10 Å². The van der Waals surface area contributed by atoms with Gasteiger partial charge >= 0.3 is 0 Å². The van der Waals surface area contributed by atoms with E-state index in [1.165, 1.54) is 4.31 Å². The zero-order valence-electron chi connectivity index (χ0n) is 16.3. The van der Waals surface area contributed by atoms with E-state index in [4.69, 9.17) is 9.47 Å². The minimum Gasteiger partial charge on any atom is -0.497 e. The second-order valence-electron chi connectivity index (χ2n) is 6.88. The first-order valence-corrected chi connectivity index (χ1v) is 10.7. The zero-order valence-corrected chi connectivity index (χ0v) is 17.1. The Morgan fingerprint density at radius 2 is 1.93 bits per heavy atom. The van der Waals surface area contributed by atoms with Crippen LogP contribution in [0.25, 0.3) is 0 Å². The Balaban J connectivity index is 1.79. The van der Waals surface area contributed by atoms with E-state index in [0.29, 0.717) is 11.4 Å². The molecule has 2 aromatic carbocycles. The highest BCUT2D eigenvalue weighted by Crippen LogP contribution is 2.35. The smallest absolute Gasteiger partial charge is 0.263 e. The summed E-state index contributed by atoms with van der Waals surface area (Å²) in [5.41, 5.74) is 2.27. The summed E-state index contributed by atoms with van der Waals surface area (Å²) < 4.78 is 36.7. The molecule has 0 aliphatic carbocycles. The summed E-state index contributed by atoms with van der Waals surface area (Å²) in [6, 6.07) is 12.4.